The van der Waals surface area contributed by atoms with Crippen LogP contribution in [0.2, 0.25) is 0 Å². The predicted molar refractivity (Wildman–Crippen MR) is 130 cm³/mol. The molecule has 0 heterocycles. The van der Waals surface area contributed by atoms with E-state index in [2.05, 4.69) is 5.32 Å². The molecule has 0 spiro atoms. The van der Waals surface area contributed by atoms with Crippen molar-refractivity contribution in [3.05, 3.63) is 88.5 Å². The van der Waals surface area contributed by atoms with E-state index < -0.39 is 16.0 Å². The van der Waals surface area contributed by atoms with Crippen LogP contribution in [0.25, 0.3) is 6.08 Å². The first kappa shape index (κ1) is 24.6. The van der Waals surface area contributed by atoms with E-state index in [1.54, 1.807) is 12.1 Å². The number of aryl methyl sites for hydroxylation is 3. The van der Waals surface area contributed by atoms with Gasteiger partial charge in [0.15, 0.2) is 11.5 Å². The molecule has 0 atom stereocenters. The maximum Gasteiger partial charge on any atom is 0.339 e. The van der Waals surface area contributed by atoms with E-state index in [9.17, 15) is 18.5 Å². The van der Waals surface area contributed by atoms with Crippen LogP contribution in [-0.2, 0) is 14.9 Å². The molecular weight excluding hydrogens is 452 g/mol. The number of carbonyl (C=O) groups excluding carboxylic acids is 1. The van der Waals surface area contributed by atoms with E-state index in [-0.39, 0.29) is 22.0 Å². The molecule has 3 aromatic rings. The molecule has 3 aromatic carbocycles. The molecule has 3 rings (SSSR count). The van der Waals surface area contributed by atoms with Gasteiger partial charge in [0.2, 0.25) is 0 Å². The zero-order valence-electron chi connectivity index (χ0n) is 19.2. The van der Waals surface area contributed by atoms with Gasteiger partial charge in [-0.2, -0.15) is 13.7 Å². The van der Waals surface area contributed by atoms with Crippen LogP contribution < -0.4 is 14.2 Å². The number of benzene rings is 3. The van der Waals surface area contributed by atoms with Crippen LogP contribution in [-0.4, -0.2) is 21.4 Å². The first-order valence-electron chi connectivity index (χ1n) is 10.3. The molecule has 1 N–H and O–H groups in total. The fourth-order valence-electron chi connectivity index (χ4n) is 3.22. The summed E-state index contributed by atoms with van der Waals surface area (Å²) in [5, 5.41) is 12.3. The summed E-state index contributed by atoms with van der Waals surface area (Å²) in [6.07, 6.45) is 1.39. The molecule has 8 heteroatoms. The number of nitriles is 1. The summed E-state index contributed by atoms with van der Waals surface area (Å²) < 4.78 is 35.8. The van der Waals surface area contributed by atoms with Crippen LogP contribution in [0.4, 0.5) is 5.69 Å². The highest BCUT2D eigenvalue weighted by Gasteiger charge is 2.19. The Morgan fingerprint density at radius 2 is 1.62 bits per heavy atom. The lowest BCUT2D eigenvalue weighted by molar-refractivity contribution is -0.112. The minimum absolute atomic E-state index is 0.0130. The summed E-state index contributed by atoms with van der Waals surface area (Å²) in [5.41, 5.74) is 3.67. The Labute approximate surface area is 199 Å². The van der Waals surface area contributed by atoms with Crippen molar-refractivity contribution in [2.24, 2.45) is 0 Å². The second-order valence-electron chi connectivity index (χ2n) is 7.65. The summed E-state index contributed by atoms with van der Waals surface area (Å²) in [5.74, 6) is -0.434. The van der Waals surface area contributed by atoms with Crippen molar-refractivity contribution in [3.63, 3.8) is 0 Å². The largest absolute Gasteiger partial charge is 0.493 e. The summed E-state index contributed by atoms with van der Waals surface area (Å²) in [6, 6.07) is 18.2. The second-order valence-corrected chi connectivity index (χ2v) is 9.20. The molecule has 0 aromatic heterocycles. The van der Waals surface area contributed by atoms with E-state index >= 15 is 0 Å². The van der Waals surface area contributed by atoms with Crippen LogP contribution in [0, 0.1) is 32.1 Å². The first-order chi connectivity index (χ1) is 16.1. The average molecular weight is 477 g/mol. The van der Waals surface area contributed by atoms with Gasteiger partial charge in [-0.1, -0.05) is 42.0 Å². The second kappa shape index (κ2) is 10.2. The van der Waals surface area contributed by atoms with Gasteiger partial charge in [0, 0.05) is 5.69 Å². The third-order valence-electron chi connectivity index (χ3n) is 5.09. The lowest BCUT2D eigenvalue weighted by Gasteiger charge is -2.12. The van der Waals surface area contributed by atoms with Crippen molar-refractivity contribution in [2.75, 3.05) is 12.4 Å². The maximum absolute atomic E-state index is 12.7. The molecule has 0 saturated heterocycles. The van der Waals surface area contributed by atoms with Crippen molar-refractivity contribution < 1.29 is 22.1 Å². The van der Waals surface area contributed by atoms with Crippen LogP contribution in [0.3, 0.4) is 0 Å². The predicted octanol–water partition coefficient (Wildman–Crippen LogP) is 4.93. The fourth-order valence-corrected chi connectivity index (χ4v) is 4.16. The van der Waals surface area contributed by atoms with E-state index in [0.29, 0.717) is 11.3 Å². The van der Waals surface area contributed by atoms with E-state index in [1.807, 2.05) is 45.0 Å². The molecule has 1 amide bonds. The van der Waals surface area contributed by atoms with Gasteiger partial charge in [-0.3, -0.25) is 4.79 Å². The van der Waals surface area contributed by atoms with Crippen molar-refractivity contribution in [2.45, 2.75) is 25.7 Å². The molecule has 7 nitrogen and oxygen atoms in total. The molecule has 0 aliphatic carbocycles. The van der Waals surface area contributed by atoms with Gasteiger partial charge in [-0.25, -0.2) is 0 Å². The molecule has 0 unspecified atom stereocenters. The van der Waals surface area contributed by atoms with Gasteiger partial charge in [-0.05, 0) is 67.8 Å². The Balaban J connectivity index is 1.87. The number of anilines is 1. The molecule has 0 aliphatic heterocycles. The molecule has 0 radical (unpaired) electrons. The number of amides is 1. The normalized spacial score (nSPS) is 11.4. The zero-order chi connectivity index (χ0) is 24.9. The van der Waals surface area contributed by atoms with Crippen LogP contribution >= 0.6 is 0 Å². The van der Waals surface area contributed by atoms with E-state index in [4.69, 9.17) is 8.92 Å². The highest BCUT2D eigenvalue weighted by molar-refractivity contribution is 7.87. The van der Waals surface area contributed by atoms with Gasteiger partial charge in [-0.15, -0.1) is 0 Å². The maximum atomic E-state index is 12.7. The number of rotatable bonds is 7. The van der Waals surface area contributed by atoms with E-state index in [1.165, 1.54) is 43.5 Å². The third kappa shape index (κ3) is 5.63. The van der Waals surface area contributed by atoms with Crippen molar-refractivity contribution >= 4 is 27.8 Å². The Bertz CT molecular complexity index is 1380. The molecule has 34 heavy (non-hydrogen) atoms. The van der Waals surface area contributed by atoms with Crippen LogP contribution in [0.15, 0.2) is 71.1 Å². The molecule has 0 saturated carbocycles. The molecule has 0 bridgehead atoms. The van der Waals surface area contributed by atoms with E-state index in [0.717, 1.165) is 16.7 Å². The number of hydrogen-bond donors (Lipinski definition) is 1. The van der Waals surface area contributed by atoms with Gasteiger partial charge in [0.05, 0.1) is 7.11 Å². The zero-order valence-corrected chi connectivity index (χ0v) is 20.1. The van der Waals surface area contributed by atoms with Gasteiger partial charge < -0.3 is 14.2 Å². The molecule has 0 aliphatic rings. The SMILES string of the molecule is COc1cc(/C=C(\C#N)C(=O)Nc2c(C)cccc2C)ccc1OS(=O)(=O)c1ccc(C)cc1. The summed E-state index contributed by atoms with van der Waals surface area (Å²) in [4.78, 5) is 12.7. The van der Waals surface area contributed by atoms with Crippen LogP contribution in [0.1, 0.15) is 22.3 Å². The summed E-state index contributed by atoms with van der Waals surface area (Å²) in [7, 11) is -2.70. The number of methoxy groups -OCH3 is 1. The minimum Gasteiger partial charge on any atom is -0.493 e. The quantitative estimate of drug-likeness (QED) is 0.294. The number of ether oxygens (including phenoxy) is 1. The summed E-state index contributed by atoms with van der Waals surface area (Å²) >= 11 is 0. The monoisotopic (exact) mass is 476 g/mol. The van der Waals surface area contributed by atoms with Gasteiger partial charge in [0.1, 0.15) is 16.5 Å². The smallest absolute Gasteiger partial charge is 0.339 e. The minimum atomic E-state index is -4.07. The van der Waals surface area contributed by atoms with Gasteiger partial charge >= 0.3 is 10.1 Å². The fraction of sp³-hybridized carbons (Fsp3) is 0.154. The molecule has 174 valence electrons. The third-order valence-corrected chi connectivity index (χ3v) is 6.34. The number of para-hydroxylation sites is 1. The number of carbonyl (C=O) groups is 1. The van der Waals surface area contributed by atoms with Gasteiger partial charge in [0.25, 0.3) is 5.91 Å². The lowest BCUT2D eigenvalue weighted by atomic mass is 10.1. The Hall–Kier alpha value is -4.09. The topological polar surface area (TPSA) is 105 Å². The number of nitrogens with zero attached hydrogens (tertiary/aromatic N) is 1. The highest BCUT2D eigenvalue weighted by Crippen LogP contribution is 2.31. The Morgan fingerprint density at radius 3 is 2.21 bits per heavy atom. The highest BCUT2D eigenvalue weighted by atomic mass is 32.2. The number of hydrogen-bond acceptors (Lipinski definition) is 6. The van der Waals surface area contributed by atoms with Crippen molar-refractivity contribution in [1.29, 1.82) is 5.26 Å². The summed E-state index contributed by atoms with van der Waals surface area (Å²) in [6.45, 7) is 5.59. The van der Waals surface area contributed by atoms with Crippen molar-refractivity contribution in [3.8, 4) is 17.6 Å². The Kier molecular flexibility index (Phi) is 7.39. The molecular formula is C26H24N2O5S. The van der Waals surface area contributed by atoms with Crippen LogP contribution in [0.5, 0.6) is 11.5 Å². The average Bonchev–Trinajstić information content (AvgIpc) is 2.80. The van der Waals surface area contributed by atoms with Crippen molar-refractivity contribution in [1.82, 2.24) is 0 Å². The standard InChI is InChI=1S/C26H24N2O5S/c1-17-8-11-22(12-9-17)34(30,31)33-23-13-10-20(15-24(23)32-4)14-21(16-27)26(29)28-25-18(2)6-5-7-19(25)3/h5-15H,1-4H3,(H,28,29)/b21-14+. The Morgan fingerprint density at radius 1 is 0.971 bits per heavy atom. The molecule has 0 fully saturated rings. The first-order valence-corrected chi connectivity index (χ1v) is 11.7. The lowest BCUT2D eigenvalue weighted by Crippen LogP contribution is -2.15. The number of nitrogens with one attached hydrogen (secondary N) is 1.